The van der Waals surface area contributed by atoms with E-state index in [2.05, 4.69) is 15.8 Å². The van der Waals surface area contributed by atoms with Gasteiger partial charge in [0.15, 0.2) is 11.5 Å². The van der Waals surface area contributed by atoms with Gasteiger partial charge in [0, 0.05) is 17.8 Å². The van der Waals surface area contributed by atoms with Gasteiger partial charge in [0.25, 0.3) is 5.69 Å². The molecule has 37 heavy (non-hydrogen) atoms. The van der Waals surface area contributed by atoms with Gasteiger partial charge in [0.1, 0.15) is 0 Å². The first-order valence-corrected chi connectivity index (χ1v) is 10.6. The number of non-ortho nitro benzene ring substituents is 1. The molecule has 0 aliphatic heterocycles. The number of carbonyl (C=O) groups is 3. The van der Waals surface area contributed by atoms with E-state index in [0.717, 1.165) is 5.56 Å². The van der Waals surface area contributed by atoms with Gasteiger partial charge in [0.05, 0.1) is 36.3 Å². The number of hydrogen-bond donors (Lipinski definition) is 2. The van der Waals surface area contributed by atoms with Gasteiger partial charge in [0.2, 0.25) is 0 Å². The number of esters is 1. The van der Waals surface area contributed by atoms with Crippen LogP contribution in [0.5, 0.6) is 11.5 Å². The zero-order valence-corrected chi connectivity index (χ0v) is 19.3. The van der Waals surface area contributed by atoms with Crippen LogP contribution in [0.15, 0.2) is 71.8 Å². The summed E-state index contributed by atoms with van der Waals surface area (Å²) >= 11 is 0. The maximum Gasteiger partial charge on any atom is 0.343 e. The molecule has 0 unspecified atom stereocenters. The van der Waals surface area contributed by atoms with Gasteiger partial charge in [-0.05, 0) is 53.6 Å². The number of nitrogens with one attached hydrogen (secondary N) is 2. The van der Waals surface area contributed by atoms with E-state index in [1.54, 1.807) is 24.3 Å². The minimum Gasteiger partial charge on any atom is -0.493 e. The van der Waals surface area contributed by atoms with Crippen molar-refractivity contribution in [3.8, 4) is 17.6 Å². The molecule has 2 amide bonds. The van der Waals surface area contributed by atoms with E-state index >= 15 is 0 Å². The Morgan fingerprint density at radius 3 is 2.35 bits per heavy atom. The summed E-state index contributed by atoms with van der Waals surface area (Å²) in [5, 5.41) is 25.6. The highest BCUT2D eigenvalue weighted by Gasteiger charge is 2.15. The van der Waals surface area contributed by atoms with Crippen molar-refractivity contribution >= 4 is 35.4 Å². The number of nitriles is 1. The average molecular weight is 501 g/mol. The van der Waals surface area contributed by atoms with Crippen molar-refractivity contribution in [1.29, 1.82) is 5.26 Å². The molecule has 3 aromatic carbocycles. The smallest absolute Gasteiger partial charge is 0.343 e. The molecule has 12 nitrogen and oxygen atoms in total. The Labute approximate surface area is 210 Å². The summed E-state index contributed by atoms with van der Waals surface area (Å²) in [6.45, 7) is 0. The fourth-order valence-corrected chi connectivity index (χ4v) is 2.93. The lowest BCUT2D eigenvalue weighted by Gasteiger charge is -2.10. The Hall–Kier alpha value is -5.57. The number of ether oxygens (including phenoxy) is 2. The quantitative estimate of drug-likeness (QED) is 0.118. The Morgan fingerprint density at radius 1 is 1.03 bits per heavy atom. The summed E-state index contributed by atoms with van der Waals surface area (Å²) in [5.74, 6) is -2.41. The zero-order valence-electron chi connectivity index (χ0n) is 19.3. The van der Waals surface area contributed by atoms with Gasteiger partial charge in [-0.15, -0.1) is 0 Å². The summed E-state index contributed by atoms with van der Waals surface area (Å²) < 4.78 is 10.5. The summed E-state index contributed by atoms with van der Waals surface area (Å²) in [4.78, 5) is 46.6. The van der Waals surface area contributed by atoms with Gasteiger partial charge in [-0.1, -0.05) is 12.1 Å². The van der Waals surface area contributed by atoms with Crippen molar-refractivity contribution < 1.29 is 28.8 Å². The molecule has 0 aliphatic carbocycles. The number of hydrazone groups is 1. The number of nitro benzene ring substituents is 1. The number of nitrogens with zero attached hydrogens (tertiary/aromatic N) is 3. The molecule has 3 rings (SSSR count). The molecule has 0 aliphatic rings. The van der Waals surface area contributed by atoms with E-state index < -0.39 is 22.7 Å². The van der Waals surface area contributed by atoms with Crippen molar-refractivity contribution in [3.05, 3.63) is 93.5 Å². The molecular formula is C25H19N5O7. The summed E-state index contributed by atoms with van der Waals surface area (Å²) in [6.07, 6.45) is 1.49. The van der Waals surface area contributed by atoms with E-state index in [9.17, 15) is 24.5 Å². The van der Waals surface area contributed by atoms with Crippen LogP contribution in [0.4, 0.5) is 11.4 Å². The second kappa shape index (κ2) is 12.2. The van der Waals surface area contributed by atoms with E-state index in [0.29, 0.717) is 11.3 Å². The Balaban J connectivity index is 1.58. The zero-order chi connectivity index (χ0) is 26.8. The van der Waals surface area contributed by atoms with Crippen molar-refractivity contribution in [2.45, 2.75) is 6.42 Å². The highest BCUT2D eigenvalue weighted by Crippen LogP contribution is 2.28. The van der Waals surface area contributed by atoms with Crippen LogP contribution in [-0.4, -0.2) is 36.0 Å². The molecule has 0 heterocycles. The van der Waals surface area contributed by atoms with E-state index in [-0.39, 0.29) is 29.2 Å². The fraction of sp³-hybridized carbons (Fsp3) is 0.0800. The van der Waals surface area contributed by atoms with Crippen molar-refractivity contribution in [1.82, 2.24) is 5.43 Å². The number of methoxy groups -OCH3 is 1. The first kappa shape index (κ1) is 26.0. The molecular weight excluding hydrogens is 482 g/mol. The van der Waals surface area contributed by atoms with Crippen LogP contribution in [0.3, 0.4) is 0 Å². The second-order valence-electron chi connectivity index (χ2n) is 7.29. The molecule has 0 saturated carbocycles. The highest BCUT2D eigenvalue weighted by molar-refractivity contribution is 6.39. The van der Waals surface area contributed by atoms with Crippen LogP contribution in [-0.2, 0) is 16.0 Å². The third-order valence-electron chi connectivity index (χ3n) is 4.79. The molecule has 0 aromatic heterocycles. The lowest BCUT2D eigenvalue weighted by molar-refractivity contribution is -0.384. The van der Waals surface area contributed by atoms with Gasteiger partial charge in [-0.25, -0.2) is 10.2 Å². The molecule has 0 fully saturated rings. The van der Waals surface area contributed by atoms with Gasteiger partial charge >= 0.3 is 17.8 Å². The molecule has 0 spiro atoms. The van der Waals surface area contributed by atoms with Crippen LogP contribution in [0, 0.1) is 21.4 Å². The Kier molecular flexibility index (Phi) is 8.61. The number of amides is 2. The molecule has 3 aromatic rings. The van der Waals surface area contributed by atoms with E-state index in [1.165, 1.54) is 55.8 Å². The molecule has 0 radical (unpaired) electrons. The number of carbonyl (C=O) groups excluding carboxylic acids is 3. The molecule has 0 saturated heterocycles. The normalized spacial score (nSPS) is 10.3. The van der Waals surface area contributed by atoms with Crippen LogP contribution < -0.4 is 20.2 Å². The first-order chi connectivity index (χ1) is 17.8. The van der Waals surface area contributed by atoms with E-state index in [1.807, 2.05) is 6.07 Å². The summed E-state index contributed by atoms with van der Waals surface area (Å²) in [6, 6.07) is 17.9. The first-order valence-electron chi connectivity index (χ1n) is 10.6. The largest absolute Gasteiger partial charge is 0.493 e. The van der Waals surface area contributed by atoms with Crippen LogP contribution >= 0.6 is 0 Å². The SMILES string of the molecule is COc1cc(/C=N/NC(=O)C(=O)Nc2ccc(CC#N)cc2)ccc1OC(=O)c1ccc([N+](=O)[O-])cc1. The average Bonchev–Trinajstić information content (AvgIpc) is 2.90. The molecule has 2 N–H and O–H groups in total. The van der Waals surface area contributed by atoms with Crippen LogP contribution in [0.2, 0.25) is 0 Å². The summed E-state index contributed by atoms with van der Waals surface area (Å²) in [7, 11) is 1.36. The van der Waals surface area contributed by atoms with Crippen molar-refractivity contribution in [2.75, 3.05) is 12.4 Å². The Bertz CT molecular complexity index is 1390. The molecule has 0 bridgehead atoms. The predicted molar refractivity (Wildman–Crippen MR) is 131 cm³/mol. The number of rotatable bonds is 8. The number of benzene rings is 3. The third kappa shape index (κ3) is 7.20. The second-order valence-corrected chi connectivity index (χ2v) is 7.29. The molecule has 12 heteroatoms. The van der Waals surface area contributed by atoms with Gasteiger partial charge in [-0.2, -0.15) is 10.4 Å². The predicted octanol–water partition coefficient (Wildman–Crippen LogP) is 2.98. The number of hydrogen-bond acceptors (Lipinski definition) is 9. The minimum atomic E-state index is -1.00. The Morgan fingerprint density at radius 2 is 1.73 bits per heavy atom. The molecule has 0 atom stereocenters. The van der Waals surface area contributed by atoms with Gasteiger partial charge < -0.3 is 14.8 Å². The minimum absolute atomic E-state index is 0.0900. The third-order valence-corrected chi connectivity index (χ3v) is 4.79. The van der Waals surface area contributed by atoms with E-state index in [4.69, 9.17) is 14.7 Å². The molecule has 186 valence electrons. The highest BCUT2D eigenvalue weighted by atomic mass is 16.6. The maximum absolute atomic E-state index is 12.4. The lowest BCUT2D eigenvalue weighted by Crippen LogP contribution is -2.32. The monoisotopic (exact) mass is 501 g/mol. The van der Waals surface area contributed by atoms with Gasteiger partial charge in [-0.3, -0.25) is 19.7 Å². The van der Waals surface area contributed by atoms with Crippen LogP contribution in [0.25, 0.3) is 0 Å². The number of nitro groups is 1. The topological polar surface area (TPSA) is 173 Å². The van der Waals surface area contributed by atoms with Crippen molar-refractivity contribution in [2.24, 2.45) is 5.10 Å². The summed E-state index contributed by atoms with van der Waals surface area (Å²) in [5.41, 5.74) is 3.67. The maximum atomic E-state index is 12.4. The van der Waals surface area contributed by atoms with Crippen molar-refractivity contribution in [3.63, 3.8) is 0 Å². The standard InChI is InChI=1S/C25H19N5O7/c1-36-22-14-17(4-11-21(22)37-25(33)18-5-9-20(10-6-18)30(34)35)15-27-29-24(32)23(31)28-19-7-2-16(3-8-19)12-13-26/h2-11,14-15H,12H2,1H3,(H,28,31)(H,29,32)/b27-15+. The lowest BCUT2D eigenvalue weighted by atomic mass is 10.1. The van der Waals surface area contributed by atoms with Crippen LogP contribution in [0.1, 0.15) is 21.5 Å². The fourth-order valence-electron chi connectivity index (χ4n) is 2.93. The number of anilines is 1.